The van der Waals surface area contributed by atoms with E-state index in [9.17, 15) is 0 Å². The Hall–Kier alpha value is 0.354. The highest BCUT2D eigenvalue weighted by Gasteiger charge is 2.30. The fraction of sp³-hybridized carbons (Fsp3) is 1.00. The number of hydrogen-bond acceptors (Lipinski definition) is 2. The molecule has 2 nitrogen and oxygen atoms in total. The largest absolute Gasteiger partial charge is 0.418 e. The first-order valence-electron chi connectivity index (χ1n) is 6.63. The normalized spacial score (nSPS) is 16.1. The molecule has 0 aliphatic carbocycles. The maximum absolute atomic E-state index is 6.29. The molecule has 0 saturated carbocycles. The Morgan fingerprint density at radius 3 is 1.65 bits per heavy atom. The number of hydrogen-bond donors (Lipinski definition) is 0. The van der Waals surface area contributed by atoms with Crippen molar-refractivity contribution < 1.29 is 8.85 Å². The van der Waals surface area contributed by atoms with Gasteiger partial charge in [-0.3, -0.25) is 0 Å². The molecule has 0 amide bonds. The highest BCUT2D eigenvalue weighted by atomic mass is 28.4. The lowest BCUT2D eigenvalue weighted by Crippen LogP contribution is -2.40. The van der Waals surface area contributed by atoms with Crippen molar-refractivity contribution in [3.63, 3.8) is 0 Å². The predicted octanol–water partition coefficient (Wildman–Crippen LogP) is 4.49. The van der Waals surface area contributed by atoms with E-state index in [1.165, 1.54) is 0 Å². The van der Waals surface area contributed by atoms with Crippen molar-refractivity contribution >= 4 is 16.6 Å². The molecule has 0 aromatic rings. The lowest BCUT2D eigenvalue weighted by molar-refractivity contribution is 0.0580. The minimum Gasteiger partial charge on any atom is -0.418 e. The maximum Gasteiger partial charge on any atom is 0.184 e. The van der Waals surface area contributed by atoms with Gasteiger partial charge in [-0.25, -0.2) is 0 Å². The van der Waals surface area contributed by atoms with Crippen LogP contribution < -0.4 is 0 Å². The topological polar surface area (TPSA) is 18.5 Å². The second-order valence-electron chi connectivity index (χ2n) is 7.83. The Bertz CT molecular complexity index is 221. The lowest BCUT2D eigenvalue weighted by atomic mass is 9.87. The van der Waals surface area contributed by atoms with E-state index in [0.717, 1.165) is 13.0 Å². The van der Waals surface area contributed by atoms with Crippen LogP contribution in [0.1, 0.15) is 27.2 Å². The third kappa shape index (κ3) is 10.0. The van der Waals surface area contributed by atoms with Crippen LogP contribution in [0.5, 0.6) is 0 Å². The monoisotopic (exact) mass is 276 g/mol. The van der Waals surface area contributed by atoms with E-state index < -0.39 is 16.6 Å². The first-order chi connectivity index (χ1) is 7.31. The van der Waals surface area contributed by atoms with Gasteiger partial charge in [0.1, 0.15) is 0 Å². The van der Waals surface area contributed by atoms with Gasteiger partial charge in [-0.1, -0.05) is 20.8 Å². The van der Waals surface area contributed by atoms with Crippen molar-refractivity contribution in [3.8, 4) is 0 Å². The molecule has 0 aromatic heterocycles. The third-order valence-electron chi connectivity index (χ3n) is 2.38. The van der Waals surface area contributed by atoms with Gasteiger partial charge in [-0.05, 0) is 51.1 Å². The molecule has 0 bridgehead atoms. The minimum absolute atomic E-state index is 0.197. The average molecular weight is 277 g/mol. The fourth-order valence-electron chi connectivity index (χ4n) is 1.57. The molecule has 0 fully saturated rings. The zero-order valence-corrected chi connectivity index (χ0v) is 15.3. The highest BCUT2D eigenvalue weighted by Crippen LogP contribution is 2.28. The minimum atomic E-state index is -1.47. The Morgan fingerprint density at radius 1 is 0.882 bits per heavy atom. The summed E-state index contributed by atoms with van der Waals surface area (Å²) in [6.07, 6.45) is 1.32. The van der Waals surface area contributed by atoms with Crippen molar-refractivity contribution in [2.24, 2.45) is 5.41 Å². The van der Waals surface area contributed by atoms with Gasteiger partial charge in [-0.2, -0.15) is 0 Å². The first-order valence-corrected chi connectivity index (χ1v) is 13.4. The summed E-state index contributed by atoms with van der Waals surface area (Å²) >= 11 is 0. The van der Waals surface area contributed by atoms with Crippen LogP contribution in [0.15, 0.2) is 0 Å². The van der Waals surface area contributed by atoms with Crippen LogP contribution in [0.3, 0.4) is 0 Å². The van der Waals surface area contributed by atoms with E-state index in [2.05, 4.69) is 60.1 Å². The molecule has 0 radical (unpaired) electrons. The summed E-state index contributed by atoms with van der Waals surface area (Å²) in [5.74, 6) is 0. The van der Waals surface area contributed by atoms with Gasteiger partial charge in [0.15, 0.2) is 16.6 Å². The van der Waals surface area contributed by atoms with E-state index in [0.29, 0.717) is 6.10 Å². The van der Waals surface area contributed by atoms with E-state index in [-0.39, 0.29) is 5.41 Å². The summed E-state index contributed by atoms with van der Waals surface area (Å²) in [5.41, 5.74) is 0.197. The van der Waals surface area contributed by atoms with E-state index in [1.807, 2.05) is 0 Å². The molecule has 0 aliphatic heterocycles. The van der Waals surface area contributed by atoms with Crippen molar-refractivity contribution in [2.75, 3.05) is 6.61 Å². The molecule has 0 spiro atoms. The molecule has 0 saturated heterocycles. The van der Waals surface area contributed by atoms with Crippen LogP contribution in [0.25, 0.3) is 0 Å². The van der Waals surface area contributed by atoms with Crippen LogP contribution in [0.2, 0.25) is 39.3 Å². The summed E-state index contributed by atoms with van der Waals surface area (Å²) in [6.45, 7) is 21.1. The van der Waals surface area contributed by atoms with Gasteiger partial charge in [0.25, 0.3) is 0 Å². The summed E-state index contributed by atoms with van der Waals surface area (Å²) in [7, 11) is -2.86. The van der Waals surface area contributed by atoms with E-state index in [1.54, 1.807) is 0 Å². The summed E-state index contributed by atoms with van der Waals surface area (Å²) in [5, 5.41) is 0. The third-order valence-corrected chi connectivity index (χ3v) is 4.44. The SMILES string of the molecule is CC(C)(C)C(CCO[Si](C)(C)C)O[Si](C)(C)C. The van der Waals surface area contributed by atoms with Crippen molar-refractivity contribution in [1.82, 2.24) is 0 Å². The predicted molar refractivity (Wildman–Crippen MR) is 81.6 cm³/mol. The van der Waals surface area contributed by atoms with Crippen LogP contribution in [0.4, 0.5) is 0 Å². The molecule has 4 heteroatoms. The van der Waals surface area contributed by atoms with Crippen LogP contribution in [-0.2, 0) is 8.85 Å². The van der Waals surface area contributed by atoms with Gasteiger partial charge in [-0.15, -0.1) is 0 Å². The molecule has 1 atom stereocenters. The Morgan fingerprint density at radius 2 is 1.35 bits per heavy atom. The zero-order valence-electron chi connectivity index (χ0n) is 13.3. The van der Waals surface area contributed by atoms with Gasteiger partial charge in [0.05, 0.1) is 6.10 Å². The number of rotatable bonds is 6. The molecule has 0 aromatic carbocycles. The van der Waals surface area contributed by atoms with Gasteiger partial charge < -0.3 is 8.85 Å². The Balaban J connectivity index is 4.33. The zero-order chi connectivity index (χ0) is 13.9. The first kappa shape index (κ1) is 17.4. The quantitative estimate of drug-likeness (QED) is 0.665. The molecule has 0 aliphatic rings. The summed E-state index contributed by atoms with van der Waals surface area (Å²) < 4.78 is 12.2. The lowest BCUT2D eigenvalue weighted by Gasteiger charge is -2.36. The highest BCUT2D eigenvalue weighted by molar-refractivity contribution is 6.70. The van der Waals surface area contributed by atoms with E-state index >= 15 is 0 Å². The van der Waals surface area contributed by atoms with Gasteiger partial charge >= 0.3 is 0 Å². The molecule has 104 valence electrons. The van der Waals surface area contributed by atoms with E-state index in [4.69, 9.17) is 8.85 Å². The second kappa shape index (κ2) is 6.00. The molecular formula is C13H32O2Si2. The van der Waals surface area contributed by atoms with Gasteiger partial charge in [0.2, 0.25) is 0 Å². The standard InChI is InChI=1S/C13H32O2Si2/c1-13(2,3)12(15-17(7,8)9)10-11-14-16(4,5)6/h12H,10-11H2,1-9H3. The molecule has 1 unspecified atom stereocenters. The smallest absolute Gasteiger partial charge is 0.184 e. The van der Waals surface area contributed by atoms with Crippen molar-refractivity contribution in [2.45, 2.75) is 72.6 Å². The van der Waals surface area contributed by atoms with Gasteiger partial charge in [0, 0.05) is 6.61 Å². The molecule has 17 heavy (non-hydrogen) atoms. The fourth-order valence-corrected chi connectivity index (χ4v) is 3.62. The van der Waals surface area contributed by atoms with Crippen LogP contribution in [-0.4, -0.2) is 29.3 Å². The molecular weight excluding hydrogens is 244 g/mol. The average Bonchev–Trinajstić information content (AvgIpc) is 1.95. The maximum atomic E-state index is 6.29. The Kier molecular flexibility index (Phi) is 6.12. The van der Waals surface area contributed by atoms with Crippen molar-refractivity contribution in [1.29, 1.82) is 0 Å². The molecule has 0 heterocycles. The Labute approximate surface area is 110 Å². The summed E-state index contributed by atoms with van der Waals surface area (Å²) in [4.78, 5) is 0. The molecule has 0 rings (SSSR count). The van der Waals surface area contributed by atoms with Crippen LogP contribution in [0, 0.1) is 5.41 Å². The van der Waals surface area contributed by atoms with Crippen LogP contribution >= 0.6 is 0 Å². The molecule has 0 N–H and O–H groups in total. The summed E-state index contributed by atoms with van der Waals surface area (Å²) in [6, 6.07) is 0. The second-order valence-corrected chi connectivity index (χ2v) is 16.8. The van der Waals surface area contributed by atoms with Crippen molar-refractivity contribution in [3.05, 3.63) is 0 Å².